The van der Waals surface area contributed by atoms with Gasteiger partial charge in [0.15, 0.2) is 0 Å². The molecule has 1 aliphatic heterocycles. The van der Waals surface area contributed by atoms with E-state index in [0.29, 0.717) is 6.54 Å². The SMILES string of the molecule is C=C(CCCC)N1CCN(C(=C)c2ccc3c(Cl)c(C)c(-c4ccc(CN)cc4)nc3c2)CC1. The fourth-order valence-corrected chi connectivity index (χ4v) is 4.84. The van der Waals surface area contributed by atoms with Gasteiger partial charge in [0, 0.05) is 55.1 Å². The van der Waals surface area contributed by atoms with Crippen LogP contribution in [0.1, 0.15) is 42.9 Å². The van der Waals surface area contributed by atoms with Gasteiger partial charge < -0.3 is 15.5 Å². The van der Waals surface area contributed by atoms with E-state index < -0.39 is 0 Å². The van der Waals surface area contributed by atoms with E-state index in [2.05, 4.69) is 60.2 Å². The molecule has 2 heterocycles. The van der Waals surface area contributed by atoms with Gasteiger partial charge in [-0.1, -0.05) is 74.5 Å². The van der Waals surface area contributed by atoms with Crippen molar-refractivity contribution in [2.24, 2.45) is 5.73 Å². The van der Waals surface area contributed by atoms with Crippen LogP contribution in [0.2, 0.25) is 5.02 Å². The normalized spacial score (nSPS) is 14.0. The van der Waals surface area contributed by atoms with E-state index in [1.165, 1.54) is 18.5 Å². The second-order valence-corrected chi connectivity index (χ2v) is 9.50. The van der Waals surface area contributed by atoms with Crippen LogP contribution in [0.3, 0.4) is 0 Å². The minimum Gasteiger partial charge on any atom is -0.372 e. The lowest BCUT2D eigenvalue weighted by atomic mass is 10.0. The fraction of sp³-hybridized carbons (Fsp3) is 0.345. The number of allylic oxidation sites excluding steroid dienone is 1. The Balaban J connectivity index is 1.56. The van der Waals surface area contributed by atoms with Gasteiger partial charge in [0.2, 0.25) is 0 Å². The van der Waals surface area contributed by atoms with Crippen LogP contribution in [0.5, 0.6) is 0 Å². The number of piperazine rings is 1. The van der Waals surface area contributed by atoms with Crippen LogP contribution in [0, 0.1) is 6.92 Å². The third-order valence-corrected chi connectivity index (χ3v) is 7.36. The van der Waals surface area contributed by atoms with Crippen LogP contribution in [0.15, 0.2) is 61.3 Å². The summed E-state index contributed by atoms with van der Waals surface area (Å²) >= 11 is 6.80. The van der Waals surface area contributed by atoms with Gasteiger partial charge in [0.1, 0.15) is 0 Å². The summed E-state index contributed by atoms with van der Waals surface area (Å²) in [6, 6.07) is 14.5. The molecule has 178 valence electrons. The molecule has 34 heavy (non-hydrogen) atoms. The van der Waals surface area contributed by atoms with Gasteiger partial charge >= 0.3 is 0 Å². The molecule has 1 aliphatic rings. The van der Waals surface area contributed by atoms with Crippen LogP contribution in [0.25, 0.3) is 27.9 Å². The molecular weight excluding hydrogens is 440 g/mol. The summed E-state index contributed by atoms with van der Waals surface area (Å²) < 4.78 is 0. The molecule has 1 fully saturated rings. The summed E-state index contributed by atoms with van der Waals surface area (Å²) in [7, 11) is 0. The lowest BCUT2D eigenvalue weighted by Gasteiger charge is -2.39. The van der Waals surface area contributed by atoms with Crippen molar-refractivity contribution in [3.8, 4) is 11.3 Å². The van der Waals surface area contributed by atoms with E-state index in [1.807, 2.05) is 19.1 Å². The summed E-state index contributed by atoms with van der Waals surface area (Å²) in [5, 5.41) is 1.72. The van der Waals surface area contributed by atoms with E-state index >= 15 is 0 Å². The number of benzene rings is 2. The molecule has 5 heteroatoms. The van der Waals surface area contributed by atoms with E-state index in [4.69, 9.17) is 22.3 Å². The van der Waals surface area contributed by atoms with E-state index in [1.54, 1.807) is 0 Å². The first-order valence-electron chi connectivity index (χ1n) is 12.2. The molecule has 0 amide bonds. The molecule has 0 bridgehead atoms. The minimum atomic E-state index is 0.526. The van der Waals surface area contributed by atoms with E-state index in [9.17, 15) is 0 Å². The second-order valence-electron chi connectivity index (χ2n) is 9.12. The van der Waals surface area contributed by atoms with Crippen molar-refractivity contribution in [3.63, 3.8) is 0 Å². The van der Waals surface area contributed by atoms with Crippen molar-refractivity contribution in [1.82, 2.24) is 14.8 Å². The highest BCUT2D eigenvalue weighted by Gasteiger charge is 2.20. The Hall–Kier alpha value is -2.82. The number of fused-ring (bicyclic) bond motifs is 1. The maximum atomic E-state index is 6.80. The molecule has 2 N–H and O–H groups in total. The molecule has 4 nitrogen and oxygen atoms in total. The topological polar surface area (TPSA) is 45.4 Å². The van der Waals surface area contributed by atoms with Gasteiger partial charge in [0.25, 0.3) is 0 Å². The van der Waals surface area contributed by atoms with Crippen molar-refractivity contribution in [3.05, 3.63) is 83.0 Å². The summed E-state index contributed by atoms with van der Waals surface area (Å²) in [6.45, 7) is 17.4. The van der Waals surface area contributed by atoms with Crippen molar-refractivity contribution >= 4 is 28.2 Å². The van der Waals surface area contributed by atoms with Crippen molar-refractivity contribution in [2.75, 3.05) is 26.2 Å². The molecule has 0 aliphatic carbocycles. The van der Waals surface area contributed by atoms with Crippen molar-refractivity contribution in [2.45, 2.75) is 39.7 Å². The molecule has 0 radical (unpaired) electrons. The third kappa shape index (κ3) is 4.98. The molecule has 1 saturated heterocycles. The van der Waals surface area contributed by atoms with E-state index in [0.717, 1.165) is 82.2 Å². The Labute approximate surface area is 208 Å². The molecule has 0 saturated carbocycles. The number of nitrogens with two attached hydrogens (primary N) is 1. The van der Waals surface area contributed by atoms with Crippen LogP contribution in [-0.4, -0.2) is 41.0 Å². The van der Waals surface area contributed by atoms with Crippen LogP contribution < -0.4 is 5.73 Å². The zero-order valence-corrected chi connectivity index (χ0v) is 21.2. The molecule has 2 aromatic carbocycles. The maximum absolute atomic E-state index is 6.80. The smallest absolute Gasteiger partial charge is 0.0753 e. The monoisotopic (exact) mass is 474 g/mol. The Kier molecular flexibility index (Phi) is 7.60. The maximum Gasteiger partial charge on any atom is 0.0753 e. The second kappa shape index (κ2) is 10.6. The molecule has 1 aromatic heterocycles. The average molecular weight is 475 g/mol. The zero-order valence-electron chi connectivity index (χ0n) is 20.4. The minimum absolute atomic E-state index is 0.526. The molecular formula is C29H35ClN4. The number of halogens is 1. The van der Waals surface area contributed by atoms with Crippen LogP contribution in [-0.2, 0) is 6.54 Å². The Morgan fingerprint density at radius 1 is 1.03 bits per heavy atom. The predicted molar refractivity (Wildman–Crippen MR) is 146 cm³/mol. The standard InChI is InChI=1S/C29H35ClN4/c1-5-6-7-20(2)33-14-16-34(17-15-33)22(4)25-12-13-26-27(18-25)32-29(21(3)28(26)30)24-10-8-23(19-31)9-11-24/h8-13,18H,2,4-7,14-17,19,31H2,1,3H3. The largest absolute Gasteiger partial charge is 0.372 e. The number of hydrogen-bond donors (Lipinski definition) is 1. The van der Waals surface area contributed by atoms with Crippen LogP contribution in [0.4, 0.5) is 0 Å². The summed E-state index contributed by atoms with van der Waals surface area (Å²) in [5.74, 6) is 0. The Morgan fingerprint density at radius 2 is 1.71 bits per heavy atom. The average Bonchev–Trinajstić information content (AvgIpc) is 2.88. The van der Waals surface area contributed by atoms with Gasteiger partial charge in [-0.2, -0.15) is 0 Å². The van der Waals surface area contributed by atoms with Gasteiger partial charge in [-0.25, -0.2) is 4.98 Å². The highest BCUT2D eigenvalue weighted by atomic mass is 35.5. The predicted octanol–water partition coefficient (Wildman–Crippen LogP) is 6.61. The first kappa shape index (κ1) is 24.3. The fourth-order valence-electron chi connectivity index (χ4n) is 4.59. The number of unbranched alkanes of at least 4 members (excludes halogenated alkanes) is 1. The van der Waals surface area contributed by atoms with E-state index in [-0.39, 0.29) is 0 Å². The number of pyridine rings is 1. The number of aromatic nitrogens is 1. The lowest BCUT2D eigenvalue weighted by molar-refractivity contribution is 0.209. The molecule has 3 aromatic rings. The first-order valence-corrected chi connectivity index (χ1v) is 12.6. The van der Waals surface area contributed by atoms with Gasteiger partial charge in [0.05, 0.1) is 16.2 Å². The third-order valence-electron chi connectivity index (χ3n) is 6.87. The Morgan fingerprint density at radius 3 is 2.35 bits per heavy atom. The highest BCUT2D eigenvalue weighted by molar-refractivity contribution is 6.36. The van der Waals surface area contributed by atoms with Gasteiger partial charge in [-0.15, -0.1) is 0 Å². The Bertz CT molecular complexity index is 1190. The quantitative estimate of drug-likeness (QED) is 0.398. The van der Waals surface area contributed by atoms with Crippen molar-refractivity contribution in [1.29, 1.82) is 0 Å². The summed E-state index contributed by atoms with van der Waals surface area (Å²) in [4.78, 5) is 9.81. The van der Waals surface area contributed by atoms with Gasteiger partial charge in [-0.3, -0.25) is 0 Å². The van der Waals surface area contributed by atoms with Crippen LogP contribution >= 0.6 is 11.6 Å². The molecule has 0 unspecified atom stereocenters. The molecule has 4 rings (SSSR count). The summed E-state index contributed by atoms with van der Waals surface area (Å²) in [5.41, 5.74) is 14.1. The molecule has 0 atom stereocenters. The summed E-state index contributed by atoms with van der Waals surface area (Å²) in [6.07, 6.45) is 3.50. The number of nitrogens with zero attached hydrogens (tertiary/aromatic N) is 3. The number of hydrogen-bond acceptors (Lipinski definition) is 4. The zero-order chi connectivity index (χ0) is 24.2. The highest BCUT2D eigenvalue weighted by Crippen LogP contribution is 2.34. The van der Waals surface area contributed by atoms with Crippen molar-refractivity contribution < 1.29 is 0 Å². The first-order chi connectivity index (χ1) is 16.4. The van der Waals surface area contributed by atoms with Gasteiger partial charge in [-0.05, 0) is 42.5 Å². The lowest BCUT2D eigenvalue weighted by Crippen LogP contribution is -2.44. The number of rotatable bonds is 8. The molecule has 0 spiro atoms.